The third-order valence-electron chi connectivity index (χ3n) is 4.76. The van der Waals surface area contributed by atoms with Crippen molar-refractivity contribution in [1.29, 1.82) is 0 Å². The van der Waals surface area contributed by atoms with Crippen LogP contribution in [0.4, 0.5) is 11.4 Å². The van der Waals surface area contributed by atoms with Gasteiger partial charge in [-0.1, -0.05) is 36.4 Å². The van der Waals surface area contributed by atoms with Crippen molar-refractivity contribution in [3.05, 3.63) is 60.7 Å². The molecule has 0 aromatic heterocycles. The van der Waals surface area contributed by atoms with Crippen LogP contribution in [-0.4, -0.2) is 41.0 Å². The summed E-state index contributed by atoms with van der Waals surface area (Å²) in [5.41, 5.74) is 1.65. The maximum absolute atomic E-state index is 11.9. The van der Waals surface area contributed by atoms with Crippen molar-refractivity contribution in [3.63, 3.8) is 0 Å². The second-order valence-electron chi connectivity index (χ2n) is 6.31. The van der Waals surface area contributed by atoms with E-state index in [9.17, 15) is 14.8 Å². The summed E-state index contributed by atoms with van der Waals surface area (Å²) in [5.74, 6) is -0.483. The van der Waals surface area contributed by atoms with Gasteiger partial charge in [0.15, 0.2) is 13.1 Å². The largest absolute Gasteiger partial charge is 0.462 e. The van der Waals surface area contributed by atoms with Crippen LogP contribution in [0.5, 0.6) is 0 Å². The molecule has 2 saturated heterocycles. The summed E-state index contributed by atoms with van der Waals surface area (Å²) < 4.78 is 8.74. The zero-order chi connectivity index (χ0) is 17.5. The van der Waals surface area contributed by atoms with Crippen molar-refractivity contribution in [1.82, 2.24) is 0 Å². The first-order valence-corrected chi connectivity index (χ1v) is 9.85. The number of benzene rings is 2. The molecule has 2 heterocycles. The van der Waals surface area contributed by atoms with Gasteiger partial charge in [-0.05, 0) is 24.3 Å². The van der Waals surface area contributed by atoms with Crippen LogP contribution in [0.1, 0.15) is 6.42 Å². The van der Waals surface area contributed by atoms with Crippen LogP contribution in [0.15, 0.2) is 60.7 Å². The summed E-state index contributed by atoms with van der Waals surface area (Å²) in [6, 6.07) is 19.0. The molecular formula is C18H20N2O4P. The fourth-order valence-corrected chi connectivity index (χ4v) is 6.94. The highest BCUT2D eigenvalue weighted by atomic mass is 31.2. The number of cyclic esters (lactones) is 1. The monoisotopic (exact) mass is 359 g/mol. The number of anilines is 2. The number of aliphatic hydroxyl groups is 1. The Hall–Kier alpha value is -2.14. The predicted molar refractivity (Wildman–Crippen MR) is 97.2 cm³/mol. The Labute approximate surface area is 146 Å². The second kappa shape index (κ2) is 5.99. The number of carbonyl (C=O) groups is 1. The third-order valence-corrected chi connectivity index (χ3v) is 8.37. The van der Waals surface area contributed by atoms with Crippen molar-refractivity contribution >= 4 is 25.1 Å². The molecule has 2 N–H and O–H groups in total. The van der Waals surface area contributed by atoms with Crippen LogP contribution in [0.3, 0.4) is 0 Å². The zero-order valence-corrected chi connectivity index (χ0v) is 14.5. The number of hydrogen-bond donors (Lipinski definition) is 2. The highest BCUT2D eigenvalue weighted by Crippen LogP contribution is 2.75. The Morgan fingerprint density at radius 1 is 0.920 bits per heavy atom. The van der Waals surface area contributed by atoms with Crippen LogP contribution in [0.25, 0.3) is 0 Å². The van der Waals surface area contributed by atoms with E-state index >= 15 is 0 Å². The second-order valence-corrected chi connectivity index (χ2v) is 9.24. The van der Waals surface area contributed by atoms with Crippen molar-refractivity contribution in [3.8, 4) is 0 Å². The van der Waals surface area contributed by atoms with Crippen molar-refractivity contribution in [2.45, 2.75) is 11.8 Å². The first kappa shape index (κ1) is 16.3. The predicted octanol–water partition coefficient (Wildman–Crippen LogP) is 2.40. The number of ether oxygens (including phenoxy) is 1. The van der Waals surface area contributed by atoms with Gasteiger partial charge >= 0.3 is 5.97 Å². The Balaban J connectivity index is 1.83. The fraction of sp³-hybridized carbons (Fsp3) is 0.278. The molecule has 7 heteroatoms. The average Bonchev–Trinajstić information content (AvgIpc) is 3.18. The lowest BCUT2D eigenvalue weighted by Crippen LogP contribution is -2.44. The molecule has 0 aliphatic carbocycles. The minimum Gasteiger partial charge on any atom is -0.462 e. The van der Waals surface area contributed by atoms with Gasteiger partial charge in [0.05, 0.1) is 6.42 Å². The maximum atomic E-state index is 11.9. The molecule has 1 unspecified atom stereocenters. The van der Waals surface area contributed by atoms with Crippen LogP contribution >= 0.6 is 7.79 Å². The van der Waals surface area contributed by atoms with Crippen LogP contribution < -0.4 is 9.34 Å². The van der Waals surface area contributed by atoms with Crippen molar-refractivity contribution < 1.29 is 19.5 Å². The lowest BCUT2D eigenvalue weighted by Gasteiger charge is -2.49. The van der Waals surface area contributed by atoms with E-state index in [1.807, 2.05) is 70.0 Å². The number of esters is 1. The lowest BCUT2D eigenvalue weighted by atomic mass is 10.3. The van der Waals surface area contributed by atoms with Gasteiger partial charge in [-0.2, -0.15) is 0 Å². The van der Waals surface area contributed by atoms with Gasteiger partial charge in [0.1, 0.15) is 6.61 Å². The van der Waals surface area contributed by atoms with Crippen LogP contribution in [-0.2, 0) is 9.53 Å². The Morgan fingerprint density at radius 3 is 1.80 bits per heavy atom. The lowest BCUT2D eigenvalue weighted by molar-refractivity contribution is -0.137. The highest BCUT2D eigenvalue weighted by Gasteiger charge is 2.63. The molecule has 25 heavy (non-hydrogen) atoms. The first-order chi connectivity index (χ1) is 12.0. The quantitative estimate of drug-likeness (QED) is 0.648. The molecule has 2 aliphatic rings. The molecule has 1 atom stereocenters. The molecule has 0 spiro atoms. The smallest absolute Gasteiger partial charge is 0.309 e. The van der Waals surface area contributed by atoms with Crippen molar-refractivity contribution in [2.24, 2.45) is 0 Å². The Morgan fingerprint density at radius 2 is 1.40 bits per heavy atom. The summed E-state index contributed by atoms with van der Waals surface area (Å²) >= 11 is 0. The molecule has 131 valence electrons. The summed E-state index contributed by atoms with van der Waals surface area (Å²) in [5, 5.41) is 9.64. The van der Waals surface area contributed by atoms with E-state index in [1.165, 1.54) is 0 Å². The molecule has 0 bridgehead atoms. The van der Waals surface area contributed by atoms with Gasteiger partial charge < -0.3 is 24.1 Å². The Bertz CT molecular complexity index is 726. The highest BCUT2D eigenvalue weighted by molar-refractivity contribution is 7.75. The maximum Gasteiger partial charge on any atom is 0.309 e. The average molecular weight is 359 g/mol. The molecule has 6 nitrogen and oxygen atoms in total. The summed E-state index contributed by atoms with van der Waals surface area (Å²) in [6.07, 6.45) is -0.204. The number of hydrogen-bond acceptors (Lipinski definition) is 6. The van der Waals surface area contributed by atoms with E-state index in [1.54, 1.807) is 0 Å². The van der Waals surface area contributed by atoms with Gasteiger partial charge in [-0.25, -0.2) is 0 Å². The minimum atomic E-state index is -3.30. The van der Waals surface area contributed by atoms with E-state index in [4.69, 9.17) is 4.74 Å². The van der Waals surface area contributed by atoms with E-state index in [2.05, 4.69) is 0 Å². The third kappa shape index (κ3) is 2.49. The zero-order valence-electron chi connectivity index (χ0n) is 13.7. The summed E-state index contributed by atoms with van der Waals surface area (Å²) in [4.78, 5) is 23.6. The van der Waals surface area contributed by atoms with Gasteiger partial charge in [-0.15, -0.1) is 0 Å². The first-order valence-electron chi connectivity index (χ1n) is 8.21. The summed E-state index contributed by atoms with van der Waals surface area (Å²) in [6.45, 7) is 0.919. The molecule has 0 amide bonds. The summed E-state index contributed by atoms with van der Waals surface area (Å²) in [7, 11) is -3.30. The van der Waals surface area contributed by atoms with Crippen LogP contribution in [0.2, 0.25) is 0 Å². The molecule has 1 radical (unpaired) electrons. The van der Waals surface area contributed by atoms with Gasteiger partial charge in [0.2, 0.25) is 0 Å². The molecule has 2 aromatic carbocycles. The number of carbonyl (C=O) groups excluding carboxylic acids is 1. The number of rotatable bonds is 3. The van der Waals surface area contributed by atoms with Crippen LogP contribution in [0, 0.1) is 0 Å². The van der Waals surface area contributed by atoms with Crippen molar-refractivity contribution in [2.75, 3.05) is 29.0 Å². The normalized spacial score (nSPS) is 25.3. The molecule has 0 saturated carbocycles. The van der Waals surface area contributed by atoms with Gasteiger partial charge in [-0.3, -0.25) is 4.79 Å². The molecule has 2 fully saturated rings. The van der Waals surface area contributed by atoms with E-state index in [0.29, 0.717) is 13.1 Å². The standard InChI is InChI=1S/C18H20N2O4P/c21-17-13-18(22,14-24-17)25(23)19(15-7-3-1-4-8-15)11-12-20(25)16-9-5-2-6-10-16/h1-10,22-23H,11-14H2. The molecule has 4 rings (SSSR count). The van der Waals surface area contributed by atoms with E-state index in [0.717, 1.165) is 11.4 Å². The molecule has 2 aliphatic heterocycles. The number of nitrogens with zero attached hydrogens (tertiary/aromatic N) is 2. The minimum absolute atomic E-state index is 0.192. The fourth-order valence-electron chi connectivity index (χ4n) is 3.55. The SMILES string of the molecule is O=C1CC(O)([P]2(O)N(c3ccccc3)CCN2c2ccccc2)CO1. The van der Waals surface area contributed by atoms with E-state index < -0.39 is 19.1 Å². The Kier molecular flexibility index (Phi) is 3.91. The van der Waals surface area contributed by atoms with E-state index in [-0.39, 0.29) is 13.0 Å². The number of para-hydroxylation sites is 2. The van der Waals surface area contributed by atoms with Gasteiger partial charge in [0, 0.05) is 24.5 Å². The molecule has 2 aromatic rings. The van der Waals surface area contributed by atoms with Gasteiger partial charge in [0.25, 0.3) is 0 Å². The topological polar surface area (TPSA) is 73.2 Å². The molecular weight excluding hydrogens is 339 g/mol.